The summed E-state index contributed by atoms with van der Waals surface area (Å²) < 4.78 is 23.6. The van der Waals surface area contributed by atoms with Gasteiger partial charge in [-0.1, -0.05) is 6.92 Å². The predicted octanol–water partition coefficient (Wildman–Crippen LogP) is 4.11. The molecule has 1 unspecified atom stereocenters. The van der Waals surface area contributed by atoms with Crippen LogP contribution in [-0.2, 0) is 9.53 Å². The van der Waals surface area contributed by atoms with Crippen LogP contribution in [0.2, 0.25) is 0 Å². The Morgan fingerprint density at radius 1 is 1.12 bits per heavy atom. The zero-order valence-electron chi connectivity index (χ0n) is 15.0. The molecule has 26 heavy (non-hydrogen) atoms. The molecule has 0 heterocycles. The quantitative estimate of drug-likeness (QED) is 0.756. The fourth-order valence-corrected chi connectivity index (χ4v) is 2.36. The van der Waals surface area contributed by atoms with Gasteiger partial charge in [-0.15, -0.1) is 0 Å². The minimum Gasteiger partial charge on any atom is -0.481 e. The van der Waals surface area contributed by atoms with Crippen LogP contribution >= 0.6 is 0 Å². The highest BCUT2D eigenvalue weighted by Gasteiger charge is 2.19. The molecule has 6 heteroatoms. The van der Waals surface area contributed by atoms with Crippen molar-refractivity contribution in [3.8, 4) is 5.75 Å². The van der Waals surface area contributed by atoms with E-state index in [1.807, 2.05) is 6.92 Å². The Hall–Kier alpha value is -2.89. The normalized spacial score (nSPS) is 11.5. The molecule has 2 aromatic rings. The summed E-state index contributed by atoms with van der Waals surface area (Å²) in [6.45, 7) is 5.66. The Balaban J connectivity index is 2.07. The van der Waals surface area contributed by atoms with Gasteiger partial charge in [0.05, 0.1) is 12.2 Å². The molecule has 138 valence electrons. The smallest absolute Gasteiger partial charge is 0.338 e. The van der Waals surface area contributed by atoms with E-state index in [0.29, 0.717) is 30.0 Å². The van der Waals surface area contributed by atoms with Gasteiger partial charge >= 0.3 is 5.97 Å². The van der Waals surface area contributed by atoms with Gasteiger partial charge in [-0.2, -0.15) is 0 Å². The first-order valence-corrected chi connectivity index (χ1v) is 8.45. The van der Waals surface area contributed by atoms with Gasteiger partial charge < -0.3 is 14.8 Å². The number of hydrogen-bond donors (Lipinski definition) is 1. The molecule has 0 aliphatic heterocycles. The highest BCUT2D eigenvalue weighted by Crippen LogP contribution is 2.19. The Kier molecular flexibility index (Phi) is 6.72. The lowest BCUT2D eigenvalue weighted by molar-refractivity contribution is -0.122. The molecule has 0 fully saturated rings. The van der Waals surface area contributed by atoms with Gasteiger partial charge in [0, 0.05) is 5.69 Å². The second-order valence-electron chi connectivity index (χ2n) is 5.71. The number of rotatable bonds is 7. The molecule has 0 radical (unpaired) electrons. The van der Waals surface area contributed by atoms with Crippen molar-refractivity contribution in [2.75, 3.05) is 11.9 Å². The molecular weight excluding hydrogens is 337 g/mol. The van der Waals surface area contributed by atoms with Gasteiger partial charge in [0.2, 0.25) is 0 Å². The van der Waals surface area contributed by atoms with Crippen molar-refractivity contribution >= 4 is 17.6 Å². The monoisotopic (exact) mass is 359 g/mol. The maximum Gasteiger partial charge on any atom is 0.338 e. The first kappa shape index (κ1) is 19.4. The predicted molar refractivity (Wildman–Crippen MR) is 96.9 cm³/mol. The highest BCUT2D eigenvalue weighted by atomic mass is 19.1. The maximum atomic E-state index is 13.0. The Labute approximate surface area is 152 Å². The Bertz CT molecular complexity index is 774. The summed E-state index contributed by atoms with van der Waals surface area (Å²) in [6, 6.07) is 10.4. The van der Waals surface area contributed by atoms with Gasteiger partial charge in [0.15, 0.2) is 6.10 Å². The summed E-state index contributed by atoms with van der Waals surface area (Å²) in [4.78, 5) is 24.2. The Morgan fingerprint density at radius 3 is 2.38 bits per heavy atom. The Morgan fingerprint density at radius 2 is 1.81 bits per heavy atom. The molecule has 0 spiro atoms. The number of amides is 1. The lowest BCUT2D eigenvalue weighted by Crippen LogP contribution is -2.32. The van der Waals surface area contributed by atoms with Gasteiger partial charge in [-0.3, -0.25) is 4.79 Å². The molecule has 0 saturated heterocycles. The van der Waals surface area contributed by atoms with E-state index in [9.17, 15) is 14.0 Å². The first-order valence-electron chi connectivity index (χ1n) is 8.45. The third-order valence-corrected chi connectivity index (χ3v) is 3.75. The van der Waals surface area contributed by atoms with Crippen molar-refractivity contribution in [1.29, 1.82) is 0 Å². The van der Waals surface area contributed by atoms with Crippen LogP contribution in [-0.4, -0.2) is 24.6 Å². The van der Waals surface area contributed by atoms with Crippen LogP contribution in [0.3, 0.4) is 0 Å². The average Bonchev–Trinajstić information content (AvgIpc) is 2.63. The summed E-state index contributed by atoms with van der Waals surface area (Å²) in [7, 11) is 0. The standard InChI is InChI=1S/C20H22FNO4/c1-4-18(26-16-9-7-15(21)8-10-16)19(23)22-17-11-6-14(12-13(17)3)20(24)25-5-2/h6-12,18H,4-5H2,1-3H3,(H,22,23). The number of nitrogens with one attached hydrogen (secondary N) is 1. The highest BCUT2D eigenvalue weighted by molar-refractivity contribution is 5.96. The number of carbonyl (C=O) groups excluding carboxylic acids is 2. The molecule has 0 saturated carbocycles. The van der Waals surface area contributed by atoms with Crippen molar-refractivity contribution in [3.63, 3.8) is 0 Å². The second kappa shape index (κ2) is 8.99. The third kappa shape index (κ3) is 5.05. The molecule has 5 nitrogen and oxygen atoms in total. The molecular formula is C20H22FNO4. The number of anilines is 1. The zero-order chi connectivity index (χ0) is 19.1. The van der Waals surface area contributed by atoms with Crippen LogP contribution < -0.4 is 10.1 Å². The van der Waals surface area contributed by atoms with Crippen LogP contribution in [0.15, 0.2) is 42.5 Å². The first-order chi connectivity index (χ1) is 12.4. The molecule has 0 aromatic heterocycles. The van der Waals surface area contributed by atoms with Gasteiger partial charge in [-0.25, -0.2) is 9.18 Å². The van der Waals surface area contributed by atoms with E-state index in [-0.39, 0.29) is 11.7 Å². The molecule has 0 aliphatic carbocycles. The van der Waals surface area contributed by atoms with Crippen LogP contribution in [0, 0.1) is 12.7 Å². The largest absolute Gasteiger partial charge is 0.481 e. The molecule has 2 rings (SSSR count). The summed E-state index contributed by atoms with van der Waals surface area (Å²) in [5, 5.41) is 2.80. The van der Waals surface area contributed by atoms with Crippen molar-refractivity contribution in [3.05, 3.63) is 59.4 Å². The zero-order valence-corrected chi connectivity index (χ0v) is 15.0. The van der Waals surface area contributed by atoms with E-state index in [0.717, 1.165) is 5.56 Å². The van der Waals surface area contributed by atoms with Crippen LogP contribution in [0.4, 0.5) is 10.1 Å². The van der Waals surface area contributed by atoms with Crippen molar-refractivity contribution in [1.82, 2.24) is 0 Å². The van der Waals surface area contributed by atoms with E-state index < -0.39 is 12.1 Å². The summed E-state index contributed by atoms with van der Waals surface area (Å²) in [5.41, 5.74) is 1.75. The SMILES string of the molecule is CCOC(=O)c1ccc(NC(=O)C(CC)Oc2ccc(F)cc2)c(C)c1. The molecule has 2 aromatic carbocycles. The lowest BCUT2D eigenvalue weighted by Gasteiger charge is -2.18. The van der Waals surface area contributed by atoms with Crippen molar-refractivity contribution < 1.29 is 23.5 Å². The number of hydrogen-bond acceptors (Lipinski definition) is 4. The van der Waals surface area contributed by atoms with E-state index in [1.165, 1.54) is 24.3 Å². The van der Waals surface area contributed by atoms with Crippen molar-refractivity contribution in [2.45, 2.75) is 33.3 Å². The number of carbonyl (C=O) groups is 2. The van der Waals surface area contributed by atoms with Crippen LogP contribution in [0.5, 0.6) is 5.75 Å². The van der Waals surface area contributed by atoms with Gasteiger partial charge in [0.25, 0.3) is 5.91 Å². The third-order valence-electron chi connectivity index (χ3n) is 3.75. The van der Waals surface area contributed by atoms with E-state index in [2.05, 4.69) is 5.32 Å². The molecule has 1 N–H and O–H groups in total. The average molecular weight is 359 g/mol. The number of ether oxygens (including phenoxy) is 2. The molecule has 1 atom stereocenters. The maximum absolute atomic E-state index is 13.0. The minimum atomic E-state index is -0.718. The van der Waals surface area contributed by atoms with Gasteiger partial charge in [0.1, 0.15) is 11.6 Å². The van der Waals surface area contributed by atoms with E-state index in [1.54, 1.807) is 32.0 Å². The topological polar surface area (TPSA) is 64.6 Å². The number of benzene rings is 2. The number of halogens is 1. The second-order valence-corrected chi connectivity index (χ2v) is 5.71. The number of aryl methyl sites for hydroxylation is 1. The summed E-state index contributed by atoms with van der Waals surface area (Å²) >= 11 is 0. The fraction of sp³-hybridized carbons (Fsp3) is 0.300. The summed E-state index contributed by atoms with van der Waals surface area (Å²) in [5.74, 6) is -0.668. The molecule has 0 aliphatic rings. The van der Waals surface area contributed by atoms with Crippen LogP contribution in [0.25, 0.3) is 0 Å². The molecule has 1 amide bonds. The number of esters is 1. The fourth-order valence-electron chi connectivity index (χ4n) is 2.36. The van der Waals surface area contributed by atoms with E-state index >= 15 is 0 Å². The van der Waals surface area contributed by atoms with E-state index in [4.69, 9.17) is 9.47 Å². The van der Waals surface area contributed by atoms with Crippen molar-refractivity contribution in [2.24, 2.45) is 0 Å². The molecule has 0 bridgehead atoms. The van der Waals surface area contributed by atoms with Crippen LogP contribution in [0.1, 0.15) is 36.2 Å². The van der Waals surface area contributed by atoms with Gasteiger partial charge in [-0.05, 0) is 68.3 Å². The minimum absolute atomic E-state index is 0.301. The summed E-state index contributed by atoms with van der Waals surface area (Å²) in [6.07, 6.45) is -0.270. The lowest BCUT2D eigenvalue weighted by atomic mass is 10.1.